The zero-order valence-corrected chi connectivity index (χ0v) is 12.1. The van der Waals surface area contributed by atoms with Crippen LogP contribution in [-0.2, 0) is 16.1 Å². The van der Waals surface area contributed by atoms with Crippen molar-refractivity contribution >= 4 is 11.6 Å². The smallest absolute Gasteiger partial charge is 0.229 e. The second-order valence-corrected chi connectivity index (χ2v) is 5.78. The van der Waals surface area contributed by atoms with Crippen LogP contribution in [0.1, 0.15) is 33.0 Å². The van der Waals surface area contributed by atoms with E-state index in [1.54, 1.807) is 23.6 Å². The fourth-order valence-corrected chi connectivity index (χ4v) is 3.12. The maximum Gasteiger partial charge on any atom is 0.229 e. The first-order chi connectivity index (χ1) is 10.5. The quantitative estimate of drug-likeness (QED) is 0.747. The van der Waals surface area contributed by atoms with E-state index in [9.17, 15) is 14.7 Å². The van der Waals surface area contributed by atoms with Gasteiger partial charge in [-0.1, -0.05) is 0 Å². The molecule has 1 aromatic rings. The molecular formula is C14H15N3O5. The molecule has 3 aliphatic rings. The van der Waals surface area contributed by atoms with Gasteiger partial charge < -0.3 is 19.5 Å². The third kappa shape index (κ3) is 1.65. The van der Waals surface area contributed by atoms with Crippen LogP contribution < -0.4 is 0 Å². The molecule has 0 unspecified atom stereocenters. The van der Waals surface area contributed by atoms with Gasteiger partial charge in [0.15, 0.2) is 6.23 Å². The lowest BCUT2D eigenvalue weighted by Gasteiger charge is -2.29. The third-order valence-corrected chi connectivity index (χ3v) is 4.17. The van der Waals surface area contributed by atoms with Gasteiger partial charge in [0, 0.05) is 20.2 Å². The van der Waals surface area contributed by atoms with Crippen molar-refractivity contribution in [1.82, 2.24) is 14.5 Å². The van der Waals surface area contributed by atoms with Crippen molar-refractivity contribution in [2.24, 2.45) is 0 Å². The highest BCUT2D eigenvalue weighted by molar-refractivity contribution is 6.22. The summed E-state index contributed by atoms with van der Waals surface area (Å²) in [6.45, 7) is 0.259. The first kappa shape index (κ1) is 13.6. The largest absolute Gasteiger partial charge is 0.388 e. The Kier molecular flexibility index (Phi) is 2.77. The summed E-state index contributed by atoms with van der Waals surface area (Å²) in [7, 11) is 3.40. The summed E-state index contributed by atoms with van der Waals surface area (Å²) >= 11 is 0. The molecule has 1 fully saturated rings. The number of hydrogen-bond donors (Lipinski definition) is 1. The predicted molar refractivity (Wildman–Crippen MR) is 72.2 cm³/mol. The molecular weight excluding hydrogens is 290 g/mol. The Morgan fingerprint density at radius 3 is 2.86 bits per heavy atom. The molecule has 3 heterocycles. The maximum absolute atomic E-state index is 12.5. The van der Waals surface area contributed by atoms with Gasteiger partial charge >= 0.3 is 0 Å². The van der Waals surface area contributed by atoms with Gasteiger partial charge in [0.25, 0.3) is 0 Å². The van der Waals surface area contributed by atoms with E-state index in [1.807, 2.05) is 0 Å². The molecule has 4 rings (SSSR count). The molecule has 1 N–H and O–H groups in total. The molecule has 0 bridgehead atoms. The van der Waals surface area contributed by atoms with Crippen molar-refractivity contribution in [1.29, 1.82) is 0 Å². The molecule has 22 heavy (non-hydrogen) atoms. The number of hydrogen-bond acceptors (Lipinski definition) is 7. The van der Waals surface area contributed by atoms with Gasteiger partial charge in [0.2, 0.25) is 11.6 Å². The molecule has 0 saturated carbocycles. The van der Waals surface area contributed by atoms with Crippen LogP contribution in [0.5, 0.6) is 0 Å². The van der Waals surface area contributed by atoms with E-state index in [-0.39, 0.29) is 36.2 Å². The average Bonchev–Trinajstić information content (AvgIpc) is 3.03. The Morgan fingerprint density at radius 2 is 2.14 bits per heavy atom. The highest BCUT2D eigenvalue weighted by Crippen LogP contribution is 2.36. The Labute approximate surface area is 125 Å². The number of nitrogens with zero attached hydrogens (tertiary/aromatic N) is 3. The lowest BCUT2D eigenvalue weighted by atomic mass is 10.0. The van der Waals surface area contributed by atoms with Crippen LogP contribution in [0.4, 0.5) is 0 Å². The second-order valence-electron chi connectivity index (χ2n) is 5.78. The summed E-state index contributed by atoms with van der Waals surface area (Å²) in [6, 6.07) is 0. The van der Waals surface area contributed by atoms with Gasteiger partial charge in [-0.3, -0.25) is 14.2 Å². The van der Waals surface area contributed by atoms with Crippen molar-refractivity contribution in [2.45, 2.75) is 25.0 Å². The Morgan fingerprint density at radius 1 is 1.36 bits per heavy atom. The van der Waals surface area contributed by atoms with Gasteiger partial charge in [-0.25, -0.2) is 4.98 Å². The Bertz CT molecular complexity index is 720. The number of imidazole rings is 1. The number of aromatic nitrogens is 2. The molecule has 1 aromatic heterocycles. The summed E-state index contributed by atoms with van der Waals surface area (Å²) in [4.78, 5) is 30.9. The number of allylic oxidation sites excluding steroid dienone is 2. The average molecular weight is 305 g/mol. The first-order valence-corrected chi connectivity index (χ1v) is 6.99. The molecule has 0 aromatic carbocycles. The monoisotopic (exact) mass is 305 g/mol. The van der Waals surface area contributed by atoms with Crippen molar-refractivity contribution in [3.8, 4) is 0 Å². The van der Waals surface area contributed by atoms with E-state index >= 15 is 0 Å². The third-order valence-electron chi connectivity index (χ3n) is 4.17. The van der Waals surface area contributed by atoms with Crippen LogP contribution in [0.25, 0.3) is 0 Å². The molecule has 8 nitrogen and oxygen atoms in total. The summed E-state index contributed by atoms with van der Waals surface area (Å²) in [5, 5.41) is 9.87. The summed E-state index contributed by atoms with van der Waals surface area (Å²) in [5.74, 6) is -0.116. The number of ketones is 2. The zero-order valence-electron chi connectivity index (χ0n) is 12.1. The Hall–Kier alpha value is -2.03. The van der Waals surface area contributed by atoms with Gasteiger partial charge in [-0.05, 0) is 0 Å². The molecule has 2 aliphatic heterocycles. The SMILES string of the molecule is CN(C)C1=CC(=O)c2c(nc3n2[C@H]2OC[C@@H](O)[C@H]2OC3)C1=O. The molecule has 0 amide bonds. The van der Waals surface area contributed by atoms with Crippen LogP contribution in [0.15, 0.2) is 11.8 Å². The first-order valence-electron chi connectivity index (χ1n) is 6.99. The van der Waals surface area contributed by atoms with Crippen molar-refractivity contribution in [3.05, 3.63) is 29.0 Å². The van der Waals surface area contributed by atoms with E-state index in [1.165, 1.54) is 6.08 Å². The number of carbonyl (C=O) groups excluding carboxylic acids is 2. The van der Waals surface area contributed by atoms with Crippen LogP contribution in [0.2, 0.25) is 0 Å². The fourth-order valence-electron chi connectivity index (χ4n) is 3.12. The summed E-state index contributed by atoms with van der Waals surface area (Å²) in [5.41, 5.74) is 0.649. The number of ether oxygens (including phenoxy) is 2. The van der Waals surface area contributed by atoms with Gasteiger partial charge in [-0.2, -0.15) is 0 Å². The lowest BCUT2D eigenvalue weighted by molar-refractivity contribution is -0.0992. The molecule has 8 heteroatoms. The molecule has 1 aliphatic carbocycles. The number of likely N-dealkylation sites (N-methyl/N-ethyl adjacent to an activating group) is 1. The molecule has 116 valence electrons. The van der Waals surface area contributed by atoms with Gasteiger partial charge in [0.05, 0.1) is 12.3 Å². The normalized spacial score (nSPS) is 29.8. The van der Waals surface area contributed by atoms with E-state index < -0.39 is 18.4 Å². The van der Waals surface area contributed by atoms with Crippen molar-refractivity contribution in [3.63, 3.8) is 0 Å². The molecule has 0 radical (unpaired) electrons. The zero-order chi connectivity index (χ0) is 15.6. The molecule has 1 saturated heterocycles. The highest BCUT2D eigenvalue weighted by atomic mass is 16.6. The topological polar surface area (TPSA) is 93.9 Å². The maximum atomic E-state index is 12.5. The van der Waals surface area contributed by atoms with Crippen LogP contribution in [0.3, 0.4) is 0 Å². The van der Waals surface area contributed by atoms with Crippen molar-refractivity contribution in [2.75, 3.05) is 20.7 Å². The number of rotatable bonds is 1. The van der Waals surface area contributed by atoms with E-state index in [2.05, 4.69) is 4.98 Å². The minimum absolute atomic E-state index is 0.125. The lowest BCUT2D eigenvalue weighted by Crippen LogP contribution is -2.37. The molecule has 0 spiro atoms. The van der Waals surface area contributed by atoms with Crippen LogP contribution >= 0.6 is 0 Å². The fraction of sp³-hybridized carbons (Fsp3) is 0.500. The van der Waals surface area contributed by atoms with Gasteiger partial charge in [0.1, 0.15) is 36.0 Å². The van der Waals surface area contributed by atoms with Crippen LogP contribution in [-0.4, -0.2) is 64.0 Å². The number of fused-ring (bicyclic) bond motifs is 5. The van der Waals surface area contributed by atoms with Crippen molar-refractivity contribution < 1.29 is 24.2 Å². The number of aliphatic hydroxyl groups is 1. The standard InChI is InChI=1S/C14H15N3O5/c1-16(2)6-3-7(18)11-10(12(6)20)15-9-5-21-13-8(19)4-22-14(13)17(9)11/h3,8,13-14,19H,4-5H2,1-2H3/t8-,13-,14+/m1/s1. The predicted octanol–water partition coefficient (Wildman–Crippen LogP) is -0.504. The number of aliphatic hydroxyl groups excluding tert-OH is 1. The summed E-state index contributed by atoms with van der Waals surface area (Å²) in [6.07, 6.45) is -0.609. The number of carbonyl (C=O) groups is 2. The van der Waals surface area contributed by atoms with E-state index in [0.29, 0.717) is 11.5 Å². The van der Waals surface area contributed by atoms with Gasteiger partial charge in [-0.15, -0.1) is 0 Å². The highest BCUT2D eigenvalue weighted by Gasteiger charge is 2.46. The minimum atomic E-state index is -0.751. The van der Waals surface area contributed by atoms with E-state index in [4.69, 9.17) is 9.47 Å². The molecule has 3 atom stereocenters. The van der Waals surface area contributed by atoms with E-state index in [0.717, 1.165) is 0 Å². The Balaban J connectivity index is 1.86. The van der Waals surface area contributed by atoms with Crippen LogP contribution in [0, 0.1) is 0 Å². The number of Topliss-reactive ketones (excluding diaryl/α,β-unsaturated/α-hetero) is 1. The summed E-state index contributed by atoms with van der Waals surface area (Å²) < 4.78 is 12.7. The minimum Gasteiger partial charge on any atom is -0.388 e. The second kappa shape index (κ2) is 4.48.